The summed E-state index contributed by atoms with van der Waals surface area (Å²) in [4.78, 5) is 25.8. The van der Waals surface area contributed by atoms with Crippen LogP contribution in [0.4, 0.5) is 0 Å². The standard InChI is InChI=1S/C20H22N6O2/c1-24-9-11-25(12-10-24)20(27)17-13-18(16-5-3-4-8-21-16)26(23-17)15-6-7-19(28-2)22-14-15/h3-8,13-14H,9-12H2,1-2H3. The molecule has 0 N–H and O–H groups in total. The molecule has 0 atom stereocenters. The van der Waals surface area contributed by atoms with E-state index in [9.17, 15) is 4.79 Å². The summed E-state index contributed by atoms with van der Waals surface area (Å²) in [5.41, 5.74) is 2.62. The van der Waals surface area contributed by atoms with Crippen molar-refractivity contribution in [3.05, 3.63) is 54.5 Å². The molecule has 0 aromatic carbocycles. The van der Waals surface area contributed by atoms with E-state index in [2.05, 4.69) is 27.0 Å². The number of likely N-dealkylation sites (N-methyl/N-ethyl adjacent to an activating group) is 1. The first-order valence-electron chi connectivity index (χ1n) is 9.15. The van der Waals surface area contributed by atoms with Crippen LogP contribution < -0.4 is 4.74 Å². The molecule has 1 amide bonds. The van der Waals surface area contributed by atoms with Crippen molar-refractivity contribution in [2.24, 2.45) is 0 Å². The molecule has 0 radical (unpaired) electrons. The molecule has 8 nitrogen and oxygen atoms in total. The van der Waals surface area contributed by atoms with Crippen LogP contribution in [-0.4, -0.2) is 75.8 Å². The Kier molecular flexibility index (Phi) is 5.03. The van der Waals surface area contributed by atoms with Crippen molar-refractivity contribution >= 4 is 5.91 Å². The first kappa shape index (κ1) is 18.1. The van der Waals surface area contributed by atoms with Crippen LogP contribution >= 0.6 is 0 Å². The van der Waals surface area contributed by atoms with E-state index in [1.807, 2.05) is 29.2 Å². The maximum absolute atomic E-state index is 13.0. The minimum atomic E-state index is -0.0644. The Morgan fingerprint density at radius 1 is 1.07 bits per heavy atom. The molecule has 1 aliphatic rings. The van der Waals surface area contributed by atoms with Gasteiger partial charge in [0.2, 0.25) is 5.88 Å². The average molecular weight is 378 g/mol. The average Bonchev–Trinajstić information content (AvgIpc) is 3.20. The number of methoxy groups -OCH3 is 1. The highest BCUT2D eigenvalue weighted by Crippen LogP contribution is 2.23. The predicted molar refractivity (Wildman–Crippen MR) is 105 cm³/mol. The third kappa shape index (κ3) is 3.59. The summed E-state index contributed by atoms with van der Waals surface area (Å²) in [6, 6.07) is 11.1. The van der Waals surface area contributed by atoms with Gasteiger partial charge in [0.15, 0.2) is 5.69 Å². The third-order valence-electron chi connectivity index (χ3n) is 4.82. The van der Waals surface area contributed by atoms with Crippen LogP contribution in [0.15, 0.2) is 48.8 Å². The molecule has 0 bridgehead atoms. The van der Waals surface area contributed by atoms with Gasteiger partial charge in [0.25, 0.3) is 5.91 Å². The van der Waals surface area contributed by atoms with Crippen molar-refractivity contribution in [1.82, 2.24) is 29.5 Å². The second-order valence-corrected chi connectivity index (χ2v) is 6.70. The number of ether oxygens (including phenoxy) is 1. The highest BCUT2D eigenvalue weighted by atomic mass is 16.5. The van der Waals surface area contributed by atoms with Crippen molar-refractivity contribution in [3.8, 4) is 23.0 Å². The molecular weight excluding hydrogens is 356 g/mol. The summed E-state index contributed by atoms with van der Waals surface area (Å²) in [7, 11) is 3.63. The highest BCUT2D eigenvalue weighted by Gasteiger charge is 2.24. The van der Waals surface area contributed by atoms with Crippen LogP contribution in [0, 0.1) is 0 Å². The molecule has 8 heteroatoms. The van der Waals surface area contributed by atoms with Crippen molar-refractivity contribution in [1.29, 1.82) is 0 Å². The molecule has 0 saturated carbocycles. The van der Waals surface area contributed by atoms with Gasteiger partial charge in [0.05, 0.1) is 30.4 Å². The van der Waals surface area contributed by atoms with E-state index in [-0.39, 0.29) is 5.91 Å². The van der Waals surface area contributed by atoms with Gasteiger partial charge >= 0.3 is 0 Å². The highest BCUT2D eigenvalue weighted by molar-refractivity contribution is 5.93. The van der Waals surface area contributed by atoms with Crippen molar-refractivity contribution in [2.45, 2.75) is 0 Å². The van der Waals surface area contributed by atoms with Crippen molar-refractivity contribution < 1.29 is 9.53 Å². The van der Waals surface area contributed by atoms with E-state index in [0.29, 0.717) is 24.7 Å². The topological polar surface area (TPSA) is 76.4 Å². The maximum Gasteiger partial charge on any atom is 0.274 e. The van der Waals surface area contributed by atoms with Crippen LogP contribution in [0.2, 0.25) is 0 Å². The van der Waals surface area contributed by atoms with Gasteiger partial charge in [0.1, 0.15) is 0 Å². The zero-order chi connectivity index (χ0) is 19.5. The molecule has 3 aromatic rings. The van der Waals surface area contributed by atoms with E-state index in [4.69, 9.17) is 4.74 Å². The fourth-order valence-electron chi connectivity index (χ4n) is 3.17. The number of nitrogens with zero attached hydrogens (tertiary/aromatic N) is 6. The number of carbonyl (C=O) groups excluding carboxylic acids is 1. The van der Waals surface area contributed by atoms with Gasteiger partial charge in [-0.3, -0.25) is 9.78 Å². The number of aromatic nitrogens is 4. The fraction of sp³-hybridized carbons (Fsp3) is 0.300. The van der Waals surface area contributed by atoms with Crippen LogP contribution in [0.25, 0.3) is 17.1 Å². The Morgan fingerprint density at radius 3 is 2.54 bits per heavy atom. The third-order valence-corrected chi connectivity index (χ3v) is 4.82. The van der Waals surface area contributed by atoms with Gasteiger partial charge in [-0.05, 0) is 31.3 Å². The minimum Gasteiger partial charge on any atom is -0.481 e. The summed E-state index contributed by atoms with van der Waals surface area (Å²) < 4.78 is 6.84. The van der Waals surface area contributed by atoms with Gasteiger partial charge < -0.3 is 14.5 Å². The summed E-state index contributed by atoms with van der Waals surface area (Å²) in [5.74, 6) is 0.453. The van der Waals surface area contributed by atoms with Gasteiger partial charge in [-0.15, -0.1) is 0 Å². The van der Waals surface area contributed by atoms with E-state index >= 15 is 0 Å². The Balaban J connectivity index is 1.72. The summed E-state index contributed by atoms with van der Waals surface area (Å²) in [6.07, 6.45) is 3.39. The van der Waals surface area contributed by atoms with Crippen molar-refractivity contribution in [2.75, 3.05) is 40.3 Å². The lowest BCUT2D eigenvalue weighted by Crippen LogP contribution is -2.47. The summed E-state index contributed by atoms with van der Waals surface area (Å²) in [5, 5.41) is 4.60. The van der Waals surface area contributed by atoms with E-state index in [0.717, 1.165) is 30.2 Å². The zero-order valence-corrected chi connectivity index (χ0v) is 15.9. The smallest absolute Gasteiger partial charge is 0.274 e. The Labute approximate surface area is 163 Å². The molecule has 0 aliphatic carbocycles. The maximum atomic E-state index is 13.0. The molecule has 3 aromatic heterocycles. The van der Waals surface area contributed by atoms with E-state index in [1.165, 1.54) is 0 Å². The first-order chi connectivity index (χ1) is 13.7. The normalized spacial score (nSPS) is 14.9. The summed E-state index contributed by atoms with van der Waals surface area (Å²) in [6.45, 7) is 3.13. The lowest BCUT2D eigenvalue weighted by molar-refractivity contribution is 0.0657. The molecule has 28 heavy (non-hydrogen) atoms. The molecular formula is C20H22N6O2. The lowest BCUT2D eigenvalue weighted by atomic mass is 10.2. The number of amides is 1. The van der Waals surface area contributed by atoms with Gasteiger partial charge in [-0.25, -0.2) is 9.67 Å². The predicted octanol–water partition coefficient (Wildman–Crippen LogP) is 1.73. The number of carbonyl (C=O) groups is 1. The van der Waals surface area contributed by atoms with Crippen LogP contribution in [0.3, 0.4) is 0 Å². The monoisotopic (exact) mass is 378 g/mol. The van der Waals surface area contributed by atoms with Gasteiger partial charge in [-0.1, -0.05) is 6.07 Å². The first-order valence-corrected chi connectivity index (χ1v) is 9.15. The number of pyridine rings is 2. The quantitative estimate of drug-likeness (QED) is 0.688. The molecule has 1 aliphatic heterocycles. The van der Waals surface area contributed by atoms with Crippen molar-refractivity contribution in [3.63, 3.8) is 0 Å². The molecule has 4 rings (SSSR count). The second-order valence-electron chi connectivity index (χ2n) is 6.70. The molecule has 0 unspecified atom stereocenters. The van der Waals surface area contributed by atoms with E-state index in [1.54, 1.807) is 36.3 Å². The Hall–Kier alpha value is -3.26. The zero-order valence-electron chi connectivity index (χ0n) is 15.9. The Morgan fingerprint density at radius 2 is 1.89 bits per heavy atom. The fourth-order valence-corrected chi connectivity index (χ4v) is 3.17. The molecule has 4 heterocycles. The van der Waals surface area contributed by atoms with Crippen LogP contribution in [0.1, 0.15) is 10.5 Å². The molecule has 1 saturated heterocycles. The molecule has 0 spiro atoms. The van der Waals surface area contributed by atoms with E-state index < -0.39 is 0 Å². The summed E-state index contributed by atoms with van der Waals surface area (Å²) >= 11 is 0. The molecule has 144 valence electrons. The number of hydrogen-bond donors (Lipinski definition) is 0. The lowest BCUT2D eigenvalue weighted by Gasteiger charge is -2.31. The van der Waals surface area contributed by atoms with Crippen LogP contribution in [-0.2, 0) is 0 Å². The Bertz CT molecular complexity index is 947. The van der Waals surface area contributed by atoms with Gasteiger partial charge in [0, 0.05) is 38.4 Å². The number of rotatable bonds is 4. The largest absolute Gasteiger partial charge is 0.481 e. The number of piperazine rings is 1. The second kappa shape index (κ2) is 7.77. The molecule has 1 fully saturated rings. The SMILES string of the molecule is COc1ccc(-n2nc(C(=O)N3CCN(C)CC3)cc2-c2ccccn2)cn1. The number of hydrogen-bond acceptors (Lipinski definition) is 6. The minimum absolute atomic E-state index is 0.0644. The van der Waals surface area contributed by atoms with Gasteiger partial charge in [-0.2, -0.15) is 5.10 Å². The van der Waals surface area contributed by atoms with Crippen LogP contribution in [0.5, 0.6) is 5.88 Å².